The SMILES string of the molecule is Cc1ccc(C(C)NC(=O)CCCCCCN)s1. The molecule has 3 N–H and O–H groups in total. The summed E-state index contributed by atoms with van der Waals surface area (Å²) in [5.74, 6) is 0.154. The van der Waals surface area contributed by atoms with E-state index in [2.05, 4.69) is 24.4 Å². The summed E-state index contributed by atoms with van der Waals surface area (Å²) in [5, 5.41) is 3.05. The topological polar surface area (TPSA) is 55.1 Å². The van der Waals surface area contributed by atoms with Gasteiger partial charge in [-0.3, -0.25) is 4.79 Å². The summed E-state index contributed by atoms with van der Waals surface area (Å²) in [6.45, 7) is 4.87. The number of amides is 1. The number of nitrogens with one attached hydrogen (secondary N) is 1. The molecule has 102 valence electrons. The zero-order valence-electron chi connectivity index (χ0n) is 11.4. The Balaban J connectivity index is 2.19. The van der Waals surface area contributed by atoms with Crippen LogP contribution in [-0.2, 0) is 4.79 Å². The van der Waals surface area contributed by atoms with Gasteiger partial charge in [-0.05, 0) is 45.4 Å². The molecule has 1 heterocycles. The molecule has 0 aliphatic rings. The molecule has 0 bridgehead atoms. The van der Waals surface area contributed by atoms with Crippen molar-refractivity contribution >= 4 is 17.2 Å². The van der Waals surface area contributed by atoms with Crippen molar-refractivity contribution in [2.75, 3.05) is 6.54 Å². The summed E-state index contributed by atoms with van der Waals surface area (Å²) in [5.41, 5.74) is 5.42. The third kappa shape index (κ3) is 5.65. The van der Waals surface area contributed by atoms with Crippen molar-refractivity contribution in [3.63, 3.8) is 0 Å². The van der Waals surface area contributed by atoms with Crippen LogP contribution in [0.1, 0.15) is 54.8 Å². The van der Waals surface area contributed by atoms with Crippen molar-refractivity contribution in [2.45, 2.75) is 52.0 Å². The first kappa shape index (κ1) is 15.2. The number of carbonyl (C=O) groups excluding carboxylic acids is 1. The third-order valence-corrected chi connectivity index (χ3v) is 4.11. The molecular formula is C14H24N2OS. The van der Waals surface area contributed by atoms with E-state index in [0.29, 0.717) is 6.42 Å². The van der Waals surface area contributed by atoms with E-state index in [9.17, 15) is 4.79 Å². The summed E-state index contributed by atoms with van der Waals surface area (Å²) >= 11 is 1.74. The fraction of sp³-hybridized carbons (Fsp3) is 0.643. The summed E-state index contributed by atoms with van der Waals surface area (Å²) in [6, 6.07) is 4.31. The van der Waals surface area contributed by atoms with Gasteiger partial charge >= 0.3 is 0 Å². The molecule has 1 amide bonds. The van der Waals surface area contributed by atoms with Gasteiger partial charge in [0.2, 0.25) is 5.91 Å². The molecule has 0 radical (unpaired) electrons. The molecule has 0 aliphatic carbocycles. The highest BCUT2D eigenvalue weighted by Gasteiger charge is 2.10. The van der Waals surface area contributed by atoms with Crippen LogP contribution in [0.5, 0.6) is 0 Å². The Kier molecular flexibility index (Phi) is 6.98. The number of nitrogens with two attached hydrogens (primary N) is 1. The molecule has 0 aliphatic heterocycles. The number of carbonyl (C=O) groups is 1. The van der Waals surface area contributed by atoms with Gasteiger partial charge < -0.3 is 11.1 Å². The van der Waals surface area contributed by atoms with Crippen molar-refractivity contribution in [2.24, 2.45) is 5.73 Å². The quantitative estimate of drug-likeness (QED) is 0.712. The molecule has 4 heteroatoms. The number of rotatable bonds is 8. The maximum atomic E-state index is 11.7. The molecule has 0 saturated carbocycles. The van der Waals surface area contributed by atoms with Crippen LogP contribution in [0.3, 0.4) is 0 Å². The molecule has 1 aromatic heterocycles. The van der Waals surface area contributed by atoms with Gasteiger partial charge in [0.1, 0.15) is 0 Å². The minimum absolute atomic E-state index is 0.125. The molecule has 0 saturated heterocycles. The van der Waals surface area contributed by atoms with Gasteiger partial charge in [-0.25, -0.2) is 0 Å². The molecule has 18 heavy (non-hydrogen) atoms. The van der Waals surface area contributed by atoms with E-state index in [0.717, 1.165) is 32.2 Å². The van der Waals surface area contributed by atoms with Crippen LogP contribution in [0.2, 0.25) is 0 Å². The Hall–Kier alpha value is -0.870. The maximum absolute atomic E-state index is 11.7. The van der Waals surface area contributed by atoms with E-state index in [1.54, 1.807) is 11.3 Å². The first-order valence-corrected chi connectivity index (χ1v) is 7.51. The van der Waals surface area contributed by atoms with Crippen molar-refractivity contribution in [1.82, 2.24) is 5.32 Å². The van der Waals surface area contributed by atoms with Gasteiger partial charge in [-0.15, -0.1) is 11.3 Å². The summed E-state index contributed by atoms with van der Waals surface area (Å²) in [7, 11) is 0. The molecule has 0 fully saturated rings. The number of hydrogen-bond donors (Lipinski definition) is 2. The lowest BCUT2D eigenvalue weighted by atomic mass is 10.1. The molecule has 1 atom stereocenters. The van der Waals surface area contributed by atoms with E-state index >= 15 is 0 Å². The molecule has 1 unspecified atom stereocenters. The Bertz CT molecular complexity index is 362. The average Bonchev–Trinajstić information content (AvgIpc) is 2.75. The van der Waals surface area contributed by atoms with E-state index in [-0.39, 0.29) is 11.9 Å². The molecule has 0 aromatic carbocycles. The summed E-state index contributed by atoms with van der Waals surface area (Å²) in [4.78, 5) is 14.2. The largest absolute Gasteiger partial charge is 0.349 e. The van der Waals surface area contributed by atoms with E-state index < -0.39 is 0 Å². The highest BCUT2D eigenvalue weighted by atomic mass is 32.1. The maximum Gasteiger partial charge on any atom is 0.220 e. The fourth-order valence-electron chi connectivity index (χ4n) is 1.85. The normalized spacial score (nSPS) is 12.4. The van der Waals surface area contributed by atoms with Gasteiger partial charge in [-0.2, -0.15) is 0 Å². The first-order valence-electron chi connectivity index (χ1n) is 6.69. The minimum Gasteiger partial charge on any atom is -0.349 e. The van der Waals surface area contributed by atoms with E-state index in [4.69, 9.17) is 5.73 Å². The Morgan fingerprint density at radius 3 is 2.67 bits per heavy atom. The highest BCUT2D eigenvalue weighted by molar-refractivity contribution is 7.12. The lowest BCUT2D eigenvalue weighted by Crippen LogP contribution is -2.25. The van der Waals surface area contributed by atoms with Crippen LogP contribution in [0, 0.1) is 6.92 Å². The zero-order chi connectivity index (χ0) is 13.4. The van der Waals surface area contributed by atoms with Crippen molar-refractivity contribution < 1.29 is 4.79 Å². The standard InChI is InChI=1S/C14H24N2OS/c1-11-8-9-13(18-11)12(2)16-14(17)7-5-3-4-6-10-15/h8-9,12H,3-7,10,15H2,1-2H3,(H,16,17). The number of unbranched alkanes of at least 4 members (excludes halogenated alkanes) is 3. The summed E-state index contributed by atoms with van der Waals surface area (Å²) < 4.78 is 0. The summed E-state index contributed by atoms with van der Waals surface area (Å²) in [6.07, 6.45) is 4.87. The molecule has 3 nitrogen and oxygen atoms in total. The average molecular weight is 268 g/mol. The van der Waals surface area contributed by atoms with Crippen LogP contribution in [0.25, 0.3) is 0 Å². The van der Waals surface area contributed by atoms with Crippen LogP contribution < -0.4 is 11.1 Å². The number of hydrogen-bond acceptors (Lipinski definition) is 3. The van der Waals surface area contributed by atoms with Crippen LogP contribution in [0.4, 0.5) is 0 Å². The van der Waals surface area contributed by atoms with Crippen molar-refractivity contribution in [1.29, 1.82) is 0 Å². The lowest BCUT2D eigenvalue weighted by Gasteiger charge is -2.12. The zero-order valence-corrected chi connectivity index (χ0v) is 12.2. The molecule has 0 spiro atoms. The second-order valence-corrected chi connectivity index (χ2v) is 6.01. The molecule has 1 aromatic rings. The first-order chi connectivity index (χ1) is 8.63. The second-order valence-electron chi connectivity index (χ2n) is 4.69. The van der Waals surface area contributed by atoms with Crippen LogP contribution in [0.15, 0.2) is 12.1 Å². The Morgan fingerprint density at radius 2 is 2.06 bits per heavy atom. The predicted molar refractivity (Wildman–Crippen MR) is 77.8 cm³/mol. The third-order valence-electron chi connectivity index (χ3n) is 2.92. The minimum atomic E-state index is 0.125. The van der Waals surface area contributed by atoms with Gasteiger partial charge in [0.25, 0.3) is 0 Å². The second kappa shape index (κ2) is 8.27. The van der Waals surface area contributed by atoms with Crippen LogP contribution >= 0.6 is 11.3 Å². The van der Waals surface area contributed by atoms with Crippen molar-refractivity contribution in [3.05, 3.63) is 21.9 Å². The van der Waals surface area contributed by atoms with Gasteiger partial charge in [0.15, 0.2) is 0 Å². The Labute approximate surface area is 114 Å². The number of thiophene rings is 1. The smallest absolute Gasteiger partial charge is 0.220 e. The predicted octanol–water partition coefficient (Wildman–Crippen LogP) is 3.14. The van der Waals surface area contributed by atoms with E-state index in [1.165, 1.54) is 9.75 Å². The molecule has 1 rings (SSSR count). The number of aryl methyl sites for hydroxylation is 1. The van der Waals surface area contributed by atoms with Crippen LogP contribution in [-0.4, -0.2) is 12.5 Å². The van der Waals surface area contributed by atoms with E-state index in [1.807, 2.05) is 6.92 Å². The Morgan fingerprint density at radius 1 is 1.33 bits per heavy atom. The van der Waals surface area contributed by atoms with Gasteiger partial charge in [0.05, 0.1) is 6.04 Å². The van der Waals surface area contributed by atoms with Gasteiger partial charge in [0, 0.05) is 16.2 Å². The monoisotopic (exact) mass is 268 g/mol. The molecular weight excluding hydrogens is 244 g/mol. The fourth-order valence-corrected chi connectivity index (χ4v) is 2.73. The highest BCUT2D eigenvalue weighted by Crippen LogP contribution is 2.22. The van der Waals surface area contributed by atoms with Gasteiger partial charge in [-0.1, -0.05) is 12.8 Å². The van der Waals surface area contributed by atoms with Crippen molar-refractivity contribution in [3.8, 4) is 0 Å². The lowest BCUT2D eigenvalue weighted by molar-refractivity contribution is -0.121.